The van der Waals surface area contributed by atoms with E-state index < -0.39 is 11.9 Å². The zero-order chi connectivity index (χ0) is 19.8. The molecule has 2 heterocycles. The number of rotatable bonds is 3. The van der Waals surface area contributed by atoms with E-state index in [1.165, 1.54) is 10.7 Å². The Balaban J connectivity index is 1.56. The summed E-state index contributed by atoms with van der Waals surface area (Å²) in [6.07, 6.45) is 1.88. The van der Waals surface area contributed by atoms with Gasteiger partial charge in [-0.2, -0.15) is 4.68 Å². The monoisotopic (exact) mass is 403 g/mol. The molecule has 1 N–H and O–H groups in total. The highest BCUT2D eigenvalue weighted by Crippen LogP contribution is 2.36. The molecule has 0 unspecified atom stereocenters. The SMILES string of the molecule is Fc1cccc(Cl)c1[C@@H]1C=C(c2ccc(-c3ccccc3)cc2)Nc2nnnn21. The number of aromatic nitrogens is 4. The molecule has 1 aliphatic heterocycles. The number of benzene rings is 3. The Morgan fingerprint density at radius 3 is 2.34 bits per heavy atom. The van der Waals surface area contributed by atoms with Crippen molar-refractivity contribution in [1.29, 1.82) is 0 Å². The number of fused-ring (bicyclic) bond motifs is 1. The number of hydrogen-bond donors (Lipinski definition) is 1. The third-order valence-corrected chi connectivity index (χ3v) is 5.26. The fourth-order valence-electron chi connectivity index (χ4n) is 3.49. The van der Waals surface area contributed by atoms with Gasteiger partial charge >= 0.3 is 0 Å². The summed E-state index contributed by atoms with van der Waals surface area (Å²) in [4.78, 5) is 0. The molecule has 5 nitrogen and oxygen atoms in total. The Hall–Kier alpha value is -3.51. The van der Waals surface area contributed by atoms with Gasteiger partial charge in [0.15, 0.2) is 0 Å². The van der Waals surface area contributed by atoms with Gasteiger partial charge in [0.1, 0.15) is 11.9 Å². The van der Waals surface area contributed by atoms with E-state index in [0.717, 1.165) is 22.4 Å². The van der Waals surface area contributed by atoms with E-state index in [1.807, 2.05) is 36.4 Å². The Morgan fingerprint density at radius 2 is 1.59 bits per heavy atom. The lowest BCUT2D eigenvalue weighted by Gasteiger charge is -2.24. The number of anilines is 1. The fourth-order valence-corrected chi connectivity index (χ4v) is 3.77. The summed E-state index contributed by atoms with van der Waals surface area (Å²) < 4.78 is 16.1. The normalized spacial score (nSPS) is 15.4. The van der Waals surface area contributed by atoms with Crippen LogP contribution < -0.4 is 5.32 Å². The van der Waals surface area contributed by atoms with E-state index in [1.54, 1.807) is 12.1 Å². The highest BCUT2D eigenvalue weighted by molar-refractivity contribution is 6.31. The second-order valence-electron chi connectivity index (χ2n) is 6.68. The molecule has 0 aliphatic carbocycles. The molecule has 0 fully saturated rings. The molecule has 1 atom stereocenters. The first-order valence-electron chi connectivity index (χ1n) is 9.07. The summed E-state index contributed by atoms with van der Waals surface area (Å²) >= 11 is 6.31. The zero-order valence-electron chi connectivity index (χ0n) is 15.1. The molecule has 0 spiro atoms. The summed E-state index contributed by atoms with van der Waals surface area (Å²) in [5.41, 5.74) is 4.32. The molecule has 1 aliphatic rings. The van der Waals surface area contributed by atoms with Crippen molar-refractivity contribution in [1.82, 2.24) is 20.2 Å². The van der Waals surface area contributed by atoms with Gasteiger partial charge in [-0.05, 0) is 45.3 Å². The number of nitrogens with one attached hydrogen (secondary N) is 1. The van der Waals surface area contributed by atoms with Crippen LogP contribution in [0.3, 0.4) is 0 Å². The van der Waals surface area contributed by atoms with Gasteiger partial charge in [-0.15, -0.1) is 0 Å². The van der Waals surface area contributed by atoms with Crippen molar-refractivity contribution in [3.05, 3.63) is 101 Å². The quantitative estimate of drug-likeness (QED) is 0.511. The average molecular weight is 404 g/mol. The molecule has 0 saturated carbocycles. The summed E-state index contributed by atoms with van der Waals surface area (Å²) in [5.74, 6) is 0.0276. The Morgan fingerprint density at radius 1 is 0.862 bits per heavy atom. The van der Waals surface area contributed by atoms with Gasteiger partial charge in [0.05, 0.1) is 0 Å². The van der Waals surface area contributed by atoms with Gasteiger partial charge < -0.3 is 5.32 Å². The maximum absolute atomic E-state index is 14.6. The third kappa shape index (κ3) is 3.17. The molecule has 0 radical (unpaired) electrons. The maximum atomic E-state index is 14.6. The minimum Gasteiger partial charge on any atom is -0.323 e. The number of hydrogen-bond acceptors (Lipinski definition) is 4. The Bertz CT molecular complexity index is 1180. The molecule has 1 aromatic heterocycles. The molecular weight excluding hydrogens is 389 g/mol. The maximum Gasteiger partial charge on any atom is 0.248 e. The van der Waals surface area contributed by atoms with Crippen LogP contribution in [0.5, 0.6) is 0 Å². The summed E-state index contributed by atoms with van der Waals surface area (Å²) in [7, 11) is 0. The van der Waals surface area contributed by atoms with Gasteiger partial charge in [-0.3, -0.25) is 0 Å². The van der Waals surface area contributed by atoms with Gasteiger partial charge in [0.2, 0.25) is 5.95 Å². The predicted octanol–water partition coefficient (Wildman–Crippen LogP) is 5.19. The molecule has 4 aromatic rings. The number of tetrazole rings is 1. The fraction of sp³-hybridized carbons (Fsp3) is 0.0455. The van der Waals surface area contributed by atoms with Crippen LogP contribution in [0.2, 0.25) is 5.02 Å². The molecular formula is C22H15ClFN5. The summed E-state index contributed by atoms with van der Waals surface area (Å²) in [6, 6.07) is 22.3. The number of allylic oxidation sites excluding steroid dienone is 1. The smallest absolute Gasteiger partial charge is 0.248 e. The van der Waals surface area contributed by atoms with Gasteiger partial charge in [-0.25, -0.2) is 4.39 Å². The molecule has 0 amide bonds. The van der Waals surface area contributed by atoms with Gasteiger partial charge in [0, 0.05) is 16.3 Å². The van der Waals surface area contributed by atoms with Crippen molar-refractivity contribution in [3.8, 4) is 11.1 Å². The molecule has 0 saturated heterocycles. The highest BCUT2D eigenvalue weighted by Gasteiger charge is 2.28. The predicted molar refractivity (Wildman–Crippen MR) is 111 cm³/mol. The molecule has 3 aromatic carbocycles. The van der Waals surface area contributed by atoms with Crippen LogP contribution in [0.15, 0.2) is 78.9 Å². The molecule has 29 heavy (non-hydrogen) atoms. The van der Waals surface area contributed by atoms with Gasteiger partial charge in [-0.1, -0.05) is 77.4 Å². The van der Waals surface area contributed by atoms with Crippen molar-refractivity contribution >= 4 is 23.2 Å². The van der Waals surface area contributed by atoms with Crippen molar-refractivity contribution in [2.24, 2.45) is 0 Å². The van der Waals surface area contributed by atoms with Crippen LogP contribution in [-0.4, -0.2) is 20.2 Å². The third-order valence-electron chi connectivity index (χ3n) is 4.93. The summed E-state index contributed by atoms with van der Waals surface area (Å²) in [5, 5.41) is 15.3. The van der Waals surface area contributed by atoms with Crippen molar-refractivity contribution in [2.75, 3.05) is 5.32 Å². The lowest BCUT2D eigenvalue weighted by atomic mass is 9.99. The standard InChI is InChI=1S/C22H15ClFN5/c23-17-7-4-8-18(24)21(17)20-13-19(25-22-26-27-28-29(20)22)16-11-9-15(10-12-16)14-5-2-1-3-6-14/h1-13,20H,(H,25,26,28)/t20-/m0/s1. The van der Waals surface area contributed by atoms with E-state index in [0.29, 0.717) is 16.5 Å². The second kappa shape index (κ2) is 7.14. The first kappa shape index (κ1) is 17.6. The first-order valence-corrected chi connectivity index (χ1v) is 9.45. The molecule has 142 valence electrons. The number of nitrogens with zero attached hydrogens (tertiary/aromatic N) is 4. The van der Waals surface area contributed by atoms with E-state index in [2.05, 4.69) is 45.1 Å². The van der Waals surface area contributed by atoms with Crippen LogP contribution in [0.1, 0.15) is 17.2 Å². The highest BCUT2D eigenvalue weighted by atomic mass is 35.5. The zero-order valence-corrected chi connectivity index (χ0v) is 15.9. The van der Waals surface area contributed by atoms with Crippen LogP contribution in [0, 0.1) is 5.82 Å². The second-order valence-corrected chi connectivity index (χ2v) is 7.08. The van der Waals surface area contributed by atoms with Gasteiger partial charge in [0.25, 0.3) is 0 Å². The largest absolute Gasteiger partial charge is 0.323 e. The lowest BCUT2D eigenvalue weighted by molar-refractivity contribution is 0.540. The summed E-state index contributed by atoms with van der Waals surface area (Å²) in [6.45, 7) is 0. The number of halogens is 2. The van der Waals surface area contributed by atoms with Crippen molar-refractivity contribution < 1.29 is 4.39 Å². The van der Waals surface area contributed by atoms with Crippen LogP contribution >= 0.6 is 11.6 Å². The molecule has 0 bridgehead atoms. The van der Waals surface area contributed by atoms with Crippen LogP contribution in [0.4, 0.5) is 10.3 Å². The average Bonchev–Trinajstić information content (AvgIpc) is 3.23. The van der Waals surface area contributed by atoms with E-state index in [-0.39, 0.29) is 0 Å². The van der Waals surface area contributed by atoms with E-state index in [9.17, 15) is 4.39 Å². The van der Waals surface area contributed by atoms with Crippen molar-refractivity contribution in [2.45, 2.75) is 6.04 Å². The lowest BCUT2D eigenvalue weighted by Crippen LogP contribution is -2.21. The van der Waals surface area contributed by atoms with Crippen LogP contribution in [0.25, 0.3) is 16.8 Å². The molecule has 7 heteroatoms. The topological polar surface area (TPSA) is 55.6 Å². The minimum atomic E-state index is -0.557. The Labute approximate surface area is 171 Å². The minimum absolute atomic E-state index is 0.327. The molecule has 5 rings (SSSR count). The van der Waals surface area contributed by atoms with E-state index in [4.69, 9.17) is 11.6 Å². The first-order chi connectivity index (χ1) is 14.2. The van der Waals surface area contributed by atoms with Crippen LogP contribution in [-0.2, 0) is 0 Å². The Kier molecular flexibility index (Phi) is 4.33. The van der Waals surface area contributed by atoms with E-state index >= 15 is 0 Å². The van der Waals surface area contributed by atoms with Crippen molar-refractivity contribution in [3.63, 3.8) is 0 Å².